The zero-order valence-corrected chi connectivity index (χ0v) is 14.9. The van der Waals surface area contributed by atoms with E-state index in [2.05, 4.69) is 9.88 Å². The molecule has 0 radical (unpaired) electrons. The number of rotatable bonds is 5. The summed E-state index contributed by atoms with van der Waals surface area (Å²) >= 11 is 0. The number of ether oxygens (including phenoxy) is 2. The molecule has 2 fully saturated rings. The second-order valence-corrected chi connectivity index (χ2v) is 6.84. The number of hydrogen-bond acceptors (Lipinski definition) is 5. The molecule has 2 atom stereocenters. The molecule has 0 bridgehead atoms. The van der Waals surface area contributed by atoms with E-state index in [1.165, 1.54) is 5.56 Å². The molecule has 6 nitrogen and oxygen atoms in total. The summed E-state index contributed by atoms with van der Waals surface area (Å²) in [7, 11) is 1.65. The van der Waals surface area contributed by atoms with E-state index in [1.807, 2.05) is 53.7 Å². The van der Waals surface area contributed by atoms with E-state index in [4.69, 9.17) is 9.47 Å². The van der Waals surface area contributed by atoms with Gasteiger partial charge in [0, 0.05) is 38.6 Å². The average molecular weight is 353 g/mol. The summed E-state index contributed by atoms with van der Waals surface area (Å²) in [6.45, 7) is 3.30. The lowest BCUT2D eigenvalue weighted by molar-refractivity contribution is -0.153. The first-order valence-electron chi connectivity index (χ1n) is 8.88. The molecule has 136 valence electrons. The smallest absolute Gasteiger partial charge is 0.249 e. The highest BCUT2D eigenvalue weighted by Gasteiger charge is 2.42. The number of aromatic nitrogens is 1. The summed E-state index contributed by atoms with van der Waals surface area (Å²) < 4.78 is 11.0. The highest BCUT2D eigenvalue weighted by atomic mass is 16.5. The fourth-order valence-corrected chi connectivity index (χ4v) is 3.75. The Labute approximate surface area is 153 Å². The fraction of sp³-hybridized carbons (Fsp3) is 0.400. The number of carbonyl (C=O) groups excluding carboxylic acids is 1. The number of hydrogen-bond donors (Lipinski definition) is 0. The molecule has 2 aromatic rings. The second-order valence-electron chi connectivity index (χ2n) is 6.84. The Kier molecular flexibility index (Phi) is 4.86. The van der Waals surface area contributed by atoms with Crippen LogP contribution in [0.1, 0.15) is 11.1 Å². The number of morpholine rings is 1. The van der Waals surface area contributed by atoms with Gasteiger partial charge in [-0.1, -0.05) is 12.1 Å². The first kappa shape index (κ1) is 17.0. The van der Waals surface area contributed by atoms with Crippen molar-refractivity contribution in [3.8, 4) is 5.75 Å². The third-order valence-corrected chi connectivity index (χ3v) is 5.12. The number of benzene rings is 1. The van der Waals surface area contributed by atoms with Crippen molar-refractivity contribution >= 4 is 5.91 Å². The zero-order chi connectivity index (χ0) is 17.9. The minimum atomic E-state index is 0.0628. The van der Waals surface area contributed by atoms with E-state index in [0.29, 0.717) is 6.54 Å². The number of amides is 1. The lowest BCUT2D eigenvalue weighted by atomic mass is 10.1. The number of nitrogens with zero attached hydrogens (tertiary/aromatic N) is 3. The van der Waals surface area contributed by atoms with Crippen molar-refractivity contribution < 1.29 is 14.3 Å². The topological polar surface area (TPSA) is 54.9 Å². The van der Waals surface area contributed by atoms with Crippen molar-refractivity contribution in [2.45, 2.75) is 25.2 Å². The molecule has 4 rings (SSSR count). The van der Waals surface area contributed by atoms with Gasteiger partial charge in [-0.15, -0.1) is 0 Å². The predicted octanol–water partition coefficient (Wildman–Crippen LogP) is 1.70. The molecule has 0 aliphatic carbocycles. The van der Waals surface area contributed by atoms with Gasteiger partial charge in [0.05, 0.1) is 19.3 Å². The van der Waals surface area contributed by atoms with Gasteiger partial charge in [0.25, 0.3) is 0 Å². The number of methoxy groups -OCH3 is 1. The third-order valence-electron chi connectivity index (χ3n) is 5.12. The first-order valence-corrected chi connectivity index (χ1v) is 8.88. The van der Waals surface area contributed by atoms with Gasteiger partial charge < -0.3 is 14.4 Å². The van der Waals surface area contributed by atoms with Gasteiger partial charge in [0.2, 0.25) is 5.91 Å². The zero-order valence-electron chi connectivity index (χ0n) is 14.9. The third kappa shape index (κ3) is 3.57. The Balaban J connectivity index is 1.45. The van der Waals surface area contributed by atoms with Crippen molar-refractivity contribution in [1.29, 1.82) is 0 Å². The van der Waals surface area contributed by atoms with Crippen LogP contribution in [0.25, 0.3) is 0 Å². The molecule has 3 heterocycles. The summed E-state index contributed by atoms with van der Waals surface area (Å²) in [5.74, 6) is 0.886. The standard InChI is InChI=1S/C20H23N3O3/c1-25-17-4-2-15(3-5-17)11-23-18-12-22(10-16-6-8-21-9-7-16)13-19(18)26-14-20(23)24/h2-9,18-19H,10-14H2,1H3/t18-,19+/m1/s1. The van der Waals surface area contributed by atoms with Crippen molar-refractivity contribution in [3.05, 3.63) is 59.9 Å². The van der Waals surface area contributed by atoms with Crippen molar-refractivity contribution in [2.24, 2.45) is 0 Å². The Morgan fingerprint density at radius 2 is 1.81 bits per heavy atom. The van der Waals surface area contributed by atoms with E-state index >= 15 is 0 Å². The van der Waals surface area contributed by atoms with Crippen LogP contribution < -0.4 is 4.74 Å². The molecule has 0 N–H and O–H groups in total. The Hall–Kier alpha value is -2.44. The van der Waals surface area contributed by atoms with Gasteiger partial charge in [-0.05, 0) is 35.4 Å². The minimum Gasteiger partial charge on any atom is -0.497 e. The number of likely N-dealkylation sites (tertiary alicyclic amines) is 1. The number of fused-ring (bicyclic) bond motifs is 1. The average Bonchev–Trinajstić information content (AvgIpc) is 3.08. The van der Waals surface area contributed by atoms with Crippen LogP contribution >= 0.6 is 0 Å². The van der Waals surface area contributed by atoms with Crippen molar-refractivity contribution in [2.75, 3.05) is 26.8 Å². The van der Waals surface area contributed by atoms with Crippen LogP contribution in [0, 0.1) is 0 Å². The lowest BCUT2D eigenvalue weighted by Gasteiger charge is -2.36. The first-order chi connectivity index (χ1) is 12.7. The summed E-state index contributed by atoms with van der Waals surface area (Å²) in [5, 5.41) is 0. The van der Waals surface area contributed by atoms with Crippen molar-refractivity contribution in [3.63, 3.8) is 0 Å². The van der Waals surface area contributed by atoms with Crippen LogP contribution in [0.3, 0.4) is 0 Å². The molecule has 6 heteroatoms. The maximum atomic E-state index is 12.5. The van der Waals surface area contributed by atoms with Crippen LogP contribution in [-0.4, -0.2) is 59.6 Å². The maximum absolute atomic E-state index is 12.5. The summed E-state index contributed by atoms with van der Waals surface area (Å²) in [5.41, 5.74) is 2.33. The van der Waals surface area contributed by atoms with E-state index in [-0.39, 0.29) is 24.7 Å². The van der Waals surface area contributed by atoms with Crippen LogP contribution in [0.4, 0.5) is 0 Å². The molecular weight excluding hydrogens is 330 g/mol. The van der Waals surface area contributed by atoms with Gasteiger partial charge >= 0.3 is 0 Å². The van der Waals surface area contributed by atoms with Gasteiger partial charge in [-0.25, -0.2) is 0 Å². The van der Waals surface area contributed by atoms with Gasteiger partial charge in [0.15, 0.2) is 0 Å². The Bertz CT molecular complexity index is 751. The SMILES string of the molecule is COc1ccc(CN2C(=O)CO[C@H]3CN(Cc4ccncc4)C[C@H]32)cc1. The highest BCUT2D eigenvalue weighted by Crippen LogP contribution is 2.26. The molecule has 2 aliphatic heterocycles. The van der Waals surface area contributed by atoms with E-state index in [1.54, 1.807) is 7.11 Å². The maximum Gasteiger partial charge on any atom is 0.249 e. The lowest BCUT2D eigenvalue weighted by Crippen LogP contribution is -2.53. The largest absolute Gasteiger partial charge is 0.497 e. The quantitative estimate of drug-likeness (QED) is 0.819. The van der Waals surface area contributed by atoms with Gasteiger partial charge in [-0.2, -0.15) is 0 Å². The fourth-order valence-electron chi connectivity index (χ4n) is 3.75. The van der Waals surface area contributed by atoms with E-state index in [9.17, 15) is 4.79 Å². The normalized spacial score (nSPS) is 23.1. The van der Waals surface area contributed by atoms with Gasteiger partial charge in [0.1, 0.15) is 12.4 Å². The van der Waals surface area contributed by atoms with Crippen LogP contribution in [-0.2, 0) is 22.6 Å². The molecule has 1 aromatic carbocycles. The van der Waals surface area contributed by atoms with E-state index < -0.39 is 0 Å². The van der Waals surface area contributed by atoms with Crippen LogP contribution in [0.2, 0.25) is 0 Å². The number of carbonyl (C=O) groups is 1. The van der Waals surface area contributed by atoms with Crippen LogP contribution in [0.5, 0.6) is 5.75 Å². The molecule has 2 saturated heterocycles. The van der Waals surface area contributed by atoms with Gasteiger partial charge in [-0.3, -0.25) is 14.7 Å². The Morgan fingerprint density at radius 3 is 2.54 bits per heavy atom. The molecule has 1 aromatic heterocycles. The summed E-state index contributed by atoms with van der Waals surface area (Å²) in [6, 6.07) is 12.1. The van der Waals surface area contributed by atoms with Crippen molar-refractivity contribution in [1.82, 2.24) is 14.8 Å². The molecule has 0 saturated carbocycles. The molecule has 1 amide bonds. The Morgan fingerprint density at radius 1 is 1.08 bits per heavy atom. The highest BCUT2D eigenvalue weighted by molar-refractivity contribution is 5.78. The second kappa shape index (κ2) is 7.43. The van der Waals surface area contributed by atoms with E-state index in [0.717, 1.165) is 30.9 Å². The minimum absolute atomic E-state index is 0.0628. The summed E-state index contributed by atoms with van der Waals surface area (Å²) in [4.78, 5) is 20.9. The summed E-state index contributed by atoms with van der Waals surface area (Å²) in [6.07, 6.45) is 3.70. The molecule has 26 heavy (non-hydrogen) atoms. The molecular formula is C20H23N3O3. The number of pyridine rings is 1. The van der Waals surface area contributed by atoms with Crippen LogP contribution in [0.15, 0.2) is 48.8 Å². The monoisotopic (exact) mass is 353 g/mol. The molecule has 0 unspecified atom stereocenters. The molecule has 0 spiro atoms. The molecule has 2 aliphatic rings. The predicted molar refractivity (Wildman–Crippen MR) is 96.6 cm³/mol.